The fraction of sp³-hybridized carbons (Fsp3) is 0.118. The van der Waals surface area contributed by atoms with Crippen LogP contribution in [0.5, 0.6) is 5.75 Å². The van der Waals surface area contributed by atoms with Crippen LogP contribution in [0.25, 0.3) is 5.76 Å². The Hall–Kier alpha value is -1.97. The van der Waals surface area contributed by atoms with Crippen molar-refractivity contribution in [3.8, 4) is 5.75 Å². The highest BCUT2D eigenvalue weighted by molar-refractivity contribution is 6.31. The Morgan fingerprint density at radius 3 is 2.59 bits per heavy atom. The van der Waals surface area contributed by atoms with Crippen molar-refractivity contribution in [1.82, 2.24) is 0 Å². The molecule has 114 valence electrons. The lowest BCUT2D eigenvalue weighted by Gasteiger charge is -2.13. The van der Waals surface area contributed by atoms with Gasteiger partial charge >= 0.3 is 5.97 Å². The fourth-order valence-electron chi connectivity index (χ4n) is 1.92. The molecule has 0 aromatic heterocycles. The van der Waals surface area contributed by atoms with Gasteiger partial charge in [-0.25, -0.2) is 4.79 Å². The van der Waals surface area contributed by atoms with Crippen LogP contribution < -0.4 is 4.74 Å². The van der Waals surface area contributed by atoms with Gasteiger partial charge in [-0.05, 0) is 48.4 Å². The fourth-order valence-corrected chi connectivity index (χ4v) is 2.34. The molecule has 0 aliphatic heterocycles. The van der Waals surface area contributed by atoms with Gasteiger partial charge in [0.25, 0.3) is 0 Å². The standard InChI is InChI=1S/C17H14Cl2O3/c1-10-3-4-13(17(20)21)8-16(10)22-11(2)14-5-12(9-18)6-15(19)7-14/h3-8H,2,9H2,1H3,(H,20,21). The third-order valence-corrected chi connectivity index (χ3v) is 3.63. The van der Waals surface area contributed by atoms with Gasteiger partial charge in [-0.15, -0.1) is 11.6 Å². The molecule has 3 nitrogen and oxygen atoms in total. The average Bonchev–Trinajstić information content (AvgIpc) is 2.48. The summed E-state index contributed by atoms with van der Waals surface area (Å²) in [4.78, 5) is 11.0. The topological polar surface area (TPSA) is 46.5 Å². The predicted molar refractivity (Wildman–Crippen MR) is 88.8 cm³/mol. The van der Waals surface area contributed by atoms with Gasteiger partial charge in [-0.3, -0.25) is 0 Å². The Kier molecular flexibility index (Phi) is 5.11. The van der Waals surface area contributed by atoms with Gasteiger partial charge in [-0.1, -0.05) is 24.2 Å². The number of carboxylic acids is 1. The molecule has 0 heterocycles. The first kappa shape index (κ1) is 16.4. The van der Waals surface area contributed by atoms with E-state index in [9.17, 15) is 4.79 Å². The summed E-state index contributed by atoms with van der Waals surface area (Å²) in [7, 11) is 0. The lowest BCUT2D eigenvalue weighted by molar-refractivity contribution is 0.0696. The third-order valence-electron chi connectivity index (χ3n) is 3.10. The zero-order valence-corrected chi connectivity index (χ0v) is 13.4. The average molecular weight is 337 g/mol. The van der Waals surface area contributed by atoms with E-state index in [-0.39, 0.29) is 5.56 Å². The number of hydrogen-bond donors (Lipinski definition) is 1. The smallest absolute Gasteiger partial charge is 0.335 e. The van der Waals surface area contributed by atoms with Crippen molar-refractivity contribution < 1.29 is 14.6 Å². The van der Waals surface area contributed by atoms with E-state index in [0.29, 0.717) is 28.0 Å². The van der Waals surface area contributed by atoms with E-state index >= 15 is 0 Å². The number of halogens is 2. The third kappa shape index (κ3) is 3.81. The van der Waals surface area contributed by atoms with Crippen LogP contribution >= 0.6 is 23.2 Å². The summed E-state index contributed by atoms with van der Waals surface area (Å²) < 4.78 is 5.72. The largest absolute Gasteiger partial charge is 0.478 e. The van der Waals surface area contributed by atoms with Gasteiger partial charge < -0.3 is 9.84 Å². The number of aromatic carboxylic acids is 1. The van der Waals surface area contributed by atoms with E-state index < -0.39 is 5.97 Å². The van der Waals surface area contributed by atoms with Gasteiger partial charge in [-0.2, -0.15) is 0 Å². The second kappa shape index (κ2) is 6.86. The first-order valence-corrected chi connectivity index (χ1v) is 7.38. The molecule has 0 bridgehead atoms. The summed E-state index contributed by atoms with van der Waals surface area (Å²) in [5, 5.41) is 9.58. The first-order chi connectivity index (χ1) is 10.4. The summed E-state index contributed by atoms with van der Waals surface area (Å²) in [5.74, 6) is 0.133. The van der Waals surface area contributed by atoms with Crippen molar-refractivity contribution >= 4 is 34.9 Å². The number of alkyl halides is 1. The van der Waals surface area contributed by atoms with Gasteiger partial charge in [0.1, 0.15) is 11.5 Å². The second-order valence-corrected chi connectivity index (χ2v) is 5.50. The van der Waals surface area contributed by atoms with Crippen LogP contribution in [0.4, 0.5) is 0 Å². The summed E-state index contributed by atoms with van der Waals surface area (Å²) in [6.07, 6.45) is 0. The molecule has 1 N–H and O–H groups in total. The normalized spacial score (nSPS) is 10.3. The summed E-state index contributed by atoms with van der Waals surface area (Å²) >= 11 is 11.9. The molecule has 0 saturated carbocycles. The minimum absolute atomic E-state index is 0.154. The number of carboxylic acid groups (broad SMARTS) is 1. The van der Waals surface area contributed by atoms with Crippen LogP contribution in [0.1, 0.15) is 27.0 Å². The van der Waals surface area contributed by atoms with Crippen molar-refractivity contribution in [2.45, 2.75) is 12.8 Å². The Morgan fingerprint density at radius 1 is 1.23 bits per heavy atom. The van der Waals surface area contributed by atoms with E-state index in [2.05, 4.69) is 6.58 Å². The predicted octanol–water partition coefficient (Wildman–Crippen LogP) is 5.14. The SMILES string of the molecule is C=C(Oc1cc(C(=O)O)ccc1C)c1cc(Cl)cc(CCl)c1. The van der Waals surface area contributed by atoms with E-state index in [1.807, 2.05) is 13.0 Å². The zero-order chi connectivity index (χ0) is 16.3. The highest BCUT2D eigenvalue weighted by atomic mass is 35.5. The lowest BCUT2D eigenvalue weighted by atomic mass is 10.1. The molecule has 22 heavy (non-hydrogen) atoms. The maximum Gasteiger partial charge on any atom is 0.335 e. The summed E-state index contributed by atoms with van der Waals surface area (Å²) in [6.45, 7) is 5.71. The summed E-state index contributed by atoms with van der Waals surface area (Å²) in [6, 6.07) is 10.00. The van der Waals surface area contributed by atoms with Crippen molar-refractivity contribution in [3.63, 3.8) is 0 Å². The van der Waals surface area contributed by atoms with Crippen LogP contribution in [0.15, 0.2) is 43.0 Å². The van der Waals surface area contributed by atoms with Gasteiger partial charge in [0, 0.05) is 16.5 Å². The molecular weight excluding hydrogens is 323 g/mol. The second-order valence-electron chi connectivity index (χ2n) is 4.79. The van der Waals surface area contributed by atoms with Crippen LogP contribution in [0, 0.1) is 6.92 Å². The lowest BCUT2D eigenvalue weighted by Crippen LogP contribution is -2.00. The van der Waals surface area contributed by atoms with E-state index in [0.717, 1.165) is 11.1 Å². The van der Waals surface area contributed by atoms with Gasteiger partial charge in [0.05, 0.1) is 5.56 Å². The van der Waals surface area contributed by atoms with Crippen molar-refractivity contribution in [2.75, 3.05) is 0 Å². The Bertz CT molecular complexity index is 739. The Labute approximate surface area is 138 Å². The maximum absolute atomic E-state index is 11.0. The molecule has 0 atom stereocenters. The van der Waals surface area contributed by atoms with E-state index in [1.165, 1.54) is 12.1 Å². The zero-order valence-electron chi connectivity index (χ0n) is 11.9. The van der Waals surface area contributed by atoms with Crippen LogP contribution in [0.3, 0.4) is 0 Å². The first-order valence-electron chi connectivity index (χ1n) is 6.47. The molecule has 2 aromatic rings. The molecule has 5 heteroatoms. The van der Waals surface area contributed by atoms with Crippen molar-refractivity contribution in [2.24, 2.45) is 0 Å². The number of rotatable bonds is 5. The van der Waals surface area contributed by atoms with Gasteiger partial charge in [0.2, 0.25) is 0 Å². The Morgan fingerprint density at radius 2 is 1.95 bits per heavy atom. The molecule has 0 aliphatic rings. The molecular formula is C17H14Cl2O3. The molecule has 0 fully saturated rings. The van der Waals surface area contributed by atoms with Gasteiger partial charge in [0.15, 0.2) is 0 Å². The minimum Gasteiger partial charge on any atom is -0.478 e. The van der Waals surface area contributed by atoms with Crippen LogP contribution in [0.2, 0.25) is 5.02 Å². The number of aryl methyl sites for hydroxylation is 1. The highest BCUT2D eigenvalue weighted by Gasteiger charge is 2.10. The molecule has 0 radical (unpaired) electrons. The number of benzene rings is 2. The molecule has 0 saturated heterocycles. The number of hydrogen-bond acceptors (Lipinski definition) is 2. The van der Waals surface area contributed by atoms with Crippen LogP contribution in [-0.4, -0.2) is 11.1 Å². The monoisotopic (exact) mass is 336 g/mol. The molecule has 2 aromatic carbocycles. The summed E-state index contributed by atoms with van der Waals surface area (Å²) in [5.41, 5.74) is 2.51. The van der Waals surface area contributed by atoms with Crippen molar-refractivity contribution in [3.05, 3.63) is 70.3 Å². The Balaban J connectivity index is 2.31. The quantitative estimate of drug-likeness (QED) is 0.607. The van der Waals surface area contributed by atoms with Crippen LogP contribution in [-0.2, 0) is 5.88 Å². The maximum atomic E-state index is 11.0. The molecule has 0 amide bonds. The minimum atomic E-state index is -1.01. The highest BCUT2D eigenvalue weighted by Crippen LogP contribution is 2.27. The number of ether oxygens (including phenoxy) is 1. The molecule has 0 unspecified atom stereocenters. The van der Waals surface area contributed by atoms with Crippen molar-refractivity contribution in [1.29, 1.82) is 0 Å². The molecule has 2 rings (SSSR count). The van der Waals surface area contributed by atoms with E-state index in [1.54, 1.807) is 18.2 Å². The molecule has 0 aliphatic carbocycles. The number of carbonyl (C=O) groups is 1. The van der Waals surface area contributed by atoms with E-state index in [4.69, 9.17) is 33.0 Å². The molecule has 0 spiro atoms.